The lowest BCUT2D eigenvalue weighted by Crippen LogP contribution is -2.47. The molecule has 1 aliphatic rings. The highest BCUT2D eigenvalue weighted by Crippen LogP contribution is 2.51. The average Bonchev–Trinajstić information content (AvgIpc) is 3.18. The lowest BCUT2D eigenvalue weighted by atomic mass is 9.73. The van der Waals surface area contributed by atoms with E-state index in [4.69, 9.17) is 40.3 Å². The average molecular weight is 552 g/mol. The van der Waals surface area contributed by atoms with Crippen LogP contribution in [0, 0.1) is 5.53 Å². The van der Waals surface area contributed by atoms with Crippen molar-refractivity contribution in [1.29, 1.82) is 5.53 Å². The summed E-state index contributed by atoms with van der Waals surface area (Å²) in [4.78, 5) is 4.92. The predicted molar refractivity (Wildman–Crippen MR) is 125 cm³/mol. The van der Waals surface area contributed by atoms with Gasteiger partial charge in [0.2, 0.25) is 4.91 Å². The Morgan fingerprint density at radius 2 is 1.94 bits per heavy atom. The van der Waals surface area contributed by atoms with Gasteiger partial charge in [0.1, 0.15) is 17.2 Å². The molecule has 0 saturated carbocycles. The Hall–Kier alpha value is -1.50. The maximum absolute atomic E-state index is 15.5. The molecule has 4 nitrogen and oxygen atoms in total. The zero-order valence-electron chi connectivity index (χ0n) is 16.3. The van der Waals surface area contributed by atoms with Crippen molar-refractivity contribution in [1.82, 2.24) is 4.91 Å². The molecule has 10 heteroatoms. The van der Waals surface area contributed by atoms with Gasteiger partial charge in [0.15, 0.2) is 0 Å². The maximum atomic E-state index is 15.5. The van der Waals surface area contributed by atoms with Gasteiger partial charge >= 0.3 is 0 Å². The molecule has 2 aromatic rings. The van der Waals surface area contributed by atoms with E-state index in [9.17, 15) is 0 Å². The van der Waals surface area contributed by atoms with E-state index in [1.165, 1.54) is 18.2 Å². The molecule has 1 saturated heterocycles. The van der Waals surface area contributed by atoms with Crippen molar-refractivity contribution in [2.45, 2.75) is 30.7 Å². The van der Waals surface area contributed by atoms with Crippen LogP contribution in [0.4, 0.5) is 14.5 Å². The summed E-state index contributed by atoms with van der Waals surface area (Å²) in [5, 5.41) is 4.11. The Morgan fingerprint density at radius 3 is 2.52 bits per heavy atom. The number of nitrogens with zero attached hydrogens (tertiary/aromatic N) is 3. The summed E-state index contributed by atoms with van der Waals surface area (Å²) in [5.74, 6) is -3.07. The van der Waals surface area contributed by atoms with Crippen molar-refractivity contribution in [2.75, 3.05) is 18.0 Å². The minimum absolute atomic E-state index is 0.0698. The fourth-order valence-electron chi connectivity index (χ4n) is 3.96. The summed E-state index contributed by atoms with van der Waals surface area (Å²) >= 11 is 21.9. The lowest BCUT2D eigenvalue weighted by Gasteiger charge is -2.38. The third kappa shape index (κ3) is 4.67. The number of benzene rings is 2. The summed E-state index contributed by atoms with van der Waals surface area (Å²) in [6.07, 6.45) is 0.962. The van der Waals surface area contributed by atoms with E-state index >= 15 is 8.78 Å². The van der Waals surface area contributed by atoms with Crippen molar-refractivity contribution in [3.63, 3.8) is 0 Å². The molecule has 1 atom stereocenters. The van der Waals surface area contributed by atoms with Gasteiger partial charge in [0, 0.05) is 29.7 Å². The second kappa shape index (κ2) is 9.55. The zero-order valence-corrected chi connectivity index (χ0v) is 20.2. The number of hydrogen-bond donors (Lipinski definition) is 1. The number of anilines is 1. The highest BCUT2D eigenvalue weighted by atomic mass is 79.9. The van der Waals surface area contributed by atoms with Crippen LogP contribution >= 0.6 is 50.7 Å². The van der Waals surface area contributed by atoms with Gasteiger partial charge in [-0.2, -0.15) is 0 Å². The largest absolute Gasteiger partial charge is 0.370 e. The summed E-state index contributed by atoms with van der Waals surface area (Å²) in [6.45, 7) is 4.26. The summed E-state index contributed by atoms with van der Waals surface area (Å²) in [5.41, 5.74) is 7.27. The molecule has 2 aromatic carbocycles. The third-order valence-electron chi connectivity index (χ3n) is 5.62. The summed E-state index contributed by atoms with van der Waals surface area (Å²) < 4.78 is 31.8. The molecule has 0 spiro atoms. The van der Waals surface area contributed by atoms with Gasteiger partial charge in [-0.3, -0.25) is 0 Å². The van der Waals surface area contributed by atoms with Gasteiger partial charge in [-0.25, -0.2) is 8.78 Å². The molecule has 1 aliphatic heterocycles. The van der Waals surface area contributed by atoms with E-state index in [1.54, 1.807) is 0 Å². The number of hydrogen-bond acceptors (Lipinski definition) is 3. The summed E-state index contributed by atoms with van der Waals surface area (Å²) in [6, 6.07) is 8.52. The first-order valence-corrected chi connectivity index (χ1v) is 11.3. The lowest BCUT2D eigenvalue weighted by molar-refractivity contribution is -0.0684. The molecule has 31 heavy (non-hydrogen) atoms. The molecule has 0 amide bonds. The number of allylic oxidation sites excluding steroid dienone is 1. The molecule has 3 rings (SSSR count). The first kappa shape index (κ1) is 24.1. The van der Waals surface area contributed by atoms with Crippen molar-refractivity contribution in [3.05, 3.63) is 73.7 Å². The van der Waals surface area contributed by atoms with Crippen molar-refractivity contribution in [3.8, 4) is 0 Å². The van der Waals surface area contributed by atoms with Crippen LogP contribution in [0.5, 0.6) is 0 Å². The van der Waals surface area contributed by atoms with E-state index in [0.29, 0.717) is 12.1 Å². The monoisotopic (exact) mass is 549 g/mol. The van der Waals surface area contributed by atoms with Gasteiger partial charge in [-0.15, -0.1) is 6.58 Å². The fraction of sp³-hybridized carbons (Fsp3) is 0.333. The SMILES string of the molecule is C=CCC(F)(F)C1(c2cc(Cl)c(Cl)c(Cl)c2)CCN(c2ccc(CN=[N+]=N)c(Br)c2)C1. The quantitative estimate of drug-likeness (QED) is 0.162. The van der Waals surface area contributed by atoms with Gasteiger partial charge in [-0.1, -0.05) is 62.9 Å². The maximum Gasteiger partial charge on any atom is 0.262 e. The molecule has 1 unspecified atom stereocenters. The minimum atomic E-state index is -3.07. The number of alkyl halides is 2. The van der Waals surface area contributed by atoms with Gasteiger partial charge < -0.3 is 4.90 Å². The molecule has 0 aromatic heterocycles. The Kier molecular flexibility index (Phi) is 7.44. The number of halogens is 6. The van der Waals surface area contributed by atoms with Gasteiger partial charge in [0.05, 0.1) is 20.5 Å². The first-order valence-electron chi connectivity index (χ1n) is 9.35. The predicted octanol–water partition coefficient (Wildman–Crippen LogP) is 7.82. The Balaban J connectivity index is 2.03. The molecule has 164 valence electrons. The van der Waals surface area contributed by atoms with E-state index in [0.717, 1.165) is 15.7 Å². The first-order chi connectivity index (χ1) is 14.6. The molecule has 1 N–H and O–H groups in total. The van der Waals surface area contributed by atoms with Crippen LogP contribution < -0.4 is 9.81 Å². The molecule has 0 aliphatic carbocycles. The highest BCUT2D eigenvalue weighted by molar-refractivity contribution is 9.10. The van der Waals surface area contributed by atoms with E-state index < -0.39 is 17.8 Å². The minimum Gasteiger partial charge on any atom is -0.370 e. The topological polar surface area (TPSA) is 53.6 Å². The van der Waals surface area contributed by atoms with Gasteiger partial charge in [0.25, 0.3) is 5.92 Å². The van der Waals surface area contributed by atoms with Crippen LogP contribution in [0.15, 0.2) is 52.6 Å². The number of rotatable bonds is 7. The van der Waals surface area contributed by atoms with E-state index in [1.807, 2.05) is 23.1 Å². The van der Waals surface area contributed by atoms with Crippen molar-refractivity contribution in [2.24, 2.45) is 5.11 Å². The Bertz CT molecular complexity index is 1040. The van der Waals surface area contributed by atoms with Crippen LogP contribution in [0.2, 0.25) is 15.1 Å². The highest BCUT2D eigenvalue weighted by Gasteiger charge is 2.57. The molecule has 0 radical (unpaired) electrons. The number of nitrogens with one attached hydrogen (secondary N) is 1. The Morgan fingerprint density at radius 1 is 1.26 bits per heavy atom. The second-order valence-electron chi connectivity index (χ2n) is 7.38. The standard InChI is InChI=1S/C21H19BrCl3F2N4/c1-2-5-21(26,27)20(14-8-17(23)19(25)18(24)9-14)6-7-31(12-20)15-4-3-13(11-29-30-28)16(22)10-15/h2-4,8-10,28H,1,5-7,11-12H2/q+1. The van der Waals surface area contributed by atoms with Crippen LogP contribution in [0.3, 0.4) is 0 Å². The fourth-order valence-corrected chi connectivity index (χ4v) is 5.04. The molecular formula is C21H19BrCl3F2N4+. The van der Waals surface area contributed by atoms with Crippen LogP contribution in [-0.2, 0) is 12.0 Å². The Labute approximate surface area is 202 Å². The normalized spacial score (nSPS) is 18.7. The smallest absolute Gasteiger partial charge is 0.262 e. The van der Waals surface area contributed by atoms with E-state index in [2.05, 4.69) is 32.5 Å². The molecule has 1 fully saturated rings. The zero-order chi connectivity index (χ0) is 22.8. The molecule has 0 bridgehead atoms. The molecular weight excluding hydrogens is 533 g/mol. The van der Waals surface area contributed by atoms with Crippen molar-refractivity contribution >= 4 is 56.4 Å². The van der Waals surface area contributed by atoms with Crippen LogP contribution in [0.1, 0.15) is 24.0 Å². The summed E-state index contributed by atoms with van der Waals surface area (Å²) in [7, 11) is 0. The molecule has 1 heterocycles. The van der Waals surface area contributed by atoms with Crippen LogP contribution in [-0.4, -0.2) is 19.0 Å². The second-order valence-corrected chi connectivity index (χ2v) is 9.43. The van der Waals surface area contributed by atoms with Crippen LogP contribution in [0.25, 0.3) is 0 Å². The third-order valence-corrected chi connectivity index (χ3v) is 7.56. The van der Waals surface area contributed by atoms with Gasteiger partial charge in [-0.05, 0) is 41.8 Å². The van der Waals surface area contributed by atoms with E-state index in [-0.39, 0.29) is 34.6 Å². The van der Waals surface area contributed by atoms with Crippen molar-refractivity contribution < 1.29 is 8.78 Å².